The van der Waals surface area contributed by atoms with E-state index in [0.29, 0.717) is 5.56 Å². The van der Waals surface area contributed by atoms with Crippen LogP contribution in [0.3, 0.4) is 0 Å². The van der Waals surface area contributed by atoms with Gasteiger partial charge < -0.3 is 9.67 Å². The van der Waals surface area contributed by atoms with Gasteiger partial charge in [-0.05, 0) is 65.2 Å². The third kappa shape index (κ3) is 4.77. The number of hydrogen-bond donors (Lipinski definition) is 1. The number of carbonyl (C=O) groups is 1. The Morgan fingerprint density at radius 1 is 0.744 bits per heavy atom. The van der Waals surface area contributed by atoms with Gasteiger partial charge in [-0.3, -0.25) is 0 Å². The number of benzene rings is 4. The van der Waals surface area contributed by atoms with Crippen molar-refractivity contribution in [3.05, 3.63) is 131 Å². The third-order valence-electron chi connectivity index (χ3n) is 6.66. The average molecular weight is 523 g/mol. The molecular weight excluding hydrogens is 500 g/mol. The minimum Gasteiger partial charge on any atom is -0.477 e. The van der Waals surface area contributed by atoms with Gasteiger partial charge in [0.1, 0.15) is 11.6 Å². The Morgan fingerprint density at radius 3 is 1.97 bits per heavy atom. The predicted molar refractivity (Wildman–Crippen MR) is 161 cm³/mol. The Kier molecular flexibility index (Phi) is 6.38. The summed E-state index contributed by atoms with van der Waals surface area (Å²) in [5, 5.41) is 20.5. The lowest BCUT2D eigenvalue weighted by atomic mass is 10.1. The van der Waals surface area contributed by atoms with Crippen molar-refractivity contribution < 1.29 is 9.90 Å². The molecule has 0 fully saturated rings. The molecule has 4 nitrogen and oxygen atoms in total. The summed E-state index contributed by atoms with van der Waals surface area (Å²) in [6, 6.07) is 39.0. The molecule has 186 valence electrons. The molecule has 0 atom stereocenters. The molecule has 0 aliphatic rings. The van der Waals surface area contributed by atoms with Gasteiger partial charge in [-0.2, -0.15) is 5.26 Å². The number of aliphatic carboxylic acids is 1. The van der Waals surface area contributed by atoms with E-state index in [2.05, 4.69) is 102 Å². The van der Waals surface area contributed by atoms with Crippen LogP contribution in [0.25, 0.3) is 56.2 Å². The van der Waals surface area contributed by atoms with Crippen molar-refractivity contribution in [2.24, 2.45) is 0 Å². The van der Waals surface area contributed by atoms with E-state index in [4.69, 9.17) is 10.4 Å². The van der Waals surface area contributed by atoms with Crippen LogP contribution in [-0.2, 0) is 4.79 Å². The second kappa shape index (κ2) is 10.3. The van der Waals surface area contributed by atoms with E-state index in [0.717, 1.165) is 26.6 Å². The van der Waals surface area contributed by atoms with Crippen LogP contribution < -0.4 is 0 Å². The summed E-state index contributed by atoms with van der Waals surface area (Å²) in [4.78, 5) is 13.3. The molecule has 0 aliphatic carbocycles. The molecule has 0 aliphatic heterocycles. The van der Waals surface area contributed by atoms with Crippen LogP contribution in [0.2, 0.25) is 0 Å². The van der Waals surface area contributed by atoms with E-state index in [1.54, 1.807) is 17.4 Å². The first-order valence-electron chi connectivity index (χ1n) is 12.4. The van der Waals surface area contributed by atoms with Gasteiger partial charge in [0.2, 0.25) is 0 Å². The first-order valence-corrected chi connectivity index (χ1v) is 13.2. The van der Waals surface area contributed by atoms with E-state index in [-0.39, 0.29) is 5.57 Å². The minimum atomic E-state index is -1.22. The van der Waals surface area contributed by atoms with E-state index >= 15 is 0 Å². The Balaban J connectivity index is 1.21. The lowest BCUT2D eigenvalue weighted by molar-refractivity contribution is -0.132. The van der Waals surface area contributed by atoms with Crippen molar-refractivity contribution in [2.45, 2.75) is 0 Å². The summed E-state index contributed by atoms with van der Waals surface area (Å²) in [5.74, 6) is -1.22. The molecule has 4 aromatic carbocycles. The summed E-state index contributed by atoms with van der Waals surface area (Å²) < 4.78 is 2.31. The molecule has 6 rings (SSSR count). The zero-order valence-corrected chi connectivity index (χ0v) is 21.6. The van der Waals surface area contributed by atoms with Gasteiger partial charge in [0, 0.05) is 26.2 Å². The van der Waals surface area contributed by atoms with E-state index in [1.165, 1.54) is 27.9 Å². The van der Waals surface area contributed by atoms with E-state index in [9.17, 15) is 4.79 Å². The first-order chi connectivity index (χ1) is 19.1. The number of thiophene rings is 1. The maximum Gasteiger partial charge on any atom is 0.346 e. The van der Waals surface area contributed by atoms with Crippen molar-refractivity contribution in [1.29, 1.82) is 5.26 Å². The molecule has 0 unspecified atom stereocenters. The number of fused-ring (bicyclic) bond motifs is 3. The highest BCUT2D eigenvalue weighted by Crippen LogP contribution is 2.32. The molecule has 0 spiro atoms. The fourth-order valence-electron chi connectivity index (χ4n) is 4.76. The summed E-state index contributed by atoms with van der Waals surface area (Å²) >= 11 is 1.69. The zero-order chi connectivity index (χ0) is 26.8. The Bertz CT molecular complexity index is 1880. The molecular formula is C34H22N2O2S. The van der Waals surface area contributed by atoms with Crippen LogP contribution in [0.1, 0.15) is 16.0 Å². The van der Waals surface area contributed by atoms with Gasteiger partial charge in [0.25, 0.3) is 0 Å². The van der Waals surface area contributed by atoms with Gasteiger partial charge in [-0.1, -0.05) is 78.9 Å². The third-order valence-corrected chi connectivity index (χ3v) is 7.75. The second-order valence-corrected chi connectivity index (χ2v) is 10.2. The topological polar surface area (TPSA) is 66.0 Å². The second-order valence-electron chi connectivity index (χ2n) is 9.09. The van der Waals surface area contributed by atoms with Crippen molar-refractivity contribution >= 4 is 57.3 Å². The highest BCUT2D eigenvalue weighted by Gasteiger charge is 2.11. The molecule has 0 saturated heterocycles. The molecule has 2 heterocycles. The highest BCUT2D eigenvalue weighted by atomic mass is 32.1. The largest absolute Gasteiger partial charge is 0.477 e. The van der Waals surface area contributed by atoms with Crippen LogP contribution >= 0.6 is 11.3 Å². The zero-order valence-electron chi connectivity index (χ0n) is 20.8. The molecule has 2 aromatic heterocycles. The lowest BCUT2D eigenvalue weighted by Gasteiger charge is -2.08. The standard InChI is InChI=1S/C34H22N2O2S/c35-22-26(34(37)38)21-24-9-14-25(15-10-24)33-20-19-28(39-33)18-13-23-11-16-27(17-12-23)36-31-7-3-1-5-29(31)30-6-2-4-8-32(30)36/h1-21H,(H,37,38)/b18-13+,26-21+. The number of nitriles is 1. The number of rotatable bonds is 6. The van der Waals surface area contributed by atoms with Crippen molar-refractivity contribution in [2.75, 3.05) is 0 Å². The molecule has 0 saturated carbocycles. The normalized spacial score (nSPS) is 11.8. The maximum absolute atomic E-state index is 11.1. The van der Waals surface area contributed by atoms with E-state index < -0.39 is 5.97 Å². The number of carboxylic acid groups (broad SMARTS) is 1. The molecule has 5 heteroatoms. The van der Waals surface area contributed by atoms with Crippen molar-refractivity contribution in [3.8, 4) is 22.2 Å². The van der Waals surface area contributed by atoms with Gasteiger partial charge in [-0.25, -0.2) is 4.79 Å². The Hall–Kier alpha value is -5.18. The summed E-state index contributed by atoms with van der Waals surface area (Å²) in [6.07, 6.45) is 5.61. The molecule has 6 aromatic rings. The van der Waals surface area contributed by atoms with Gasteiger partial charge >= 0.3 is 5.97 Å². The molecule has 0 amide bonds. The quantitative estimate of drug-likeness (QED) is 0.176. The summed E-state index contributed by atoms with van der Waals surface area (Å²) in [7, 11) is 0. The smallest absolute Gasteiger partial charge is 0.346 e. The average Bonchev–Trinajstić information content (AvgIpc) is 3.58. The predicted octanol–water partition coefficient (Wildman–Crippen LogP) is 8.67. The van der Waals surface area contributed by atoms with Gasteiger partial charge in [-0.15, -0.1) is 11.3 Å². The fourth-order valence-corrected chi connectivity index (χ4v) is 5.68. The van der Waals surface area contributed by atoms with Crippen LogP contribution in [-0.4, -0.2) is 15.6 Å². The number of nitrogens with zero attached hydrogens (tertiary/aromatic N) is 2. The van der Waals surface area contributed by atoms with Crippen LogP contribution in [0, 0.1) is 11.3 Å². The van der Waals surface area contributed by atoms with Crippen LogP contribution in [0.15, 0.2) is 115 Å². The van der Waals surface area contributed by atoms with Crippen molar-refractivity contribution in [1.82, 2.24) is 4.57 Å². The summed E-state index contributed by atoms with van der Waals surface area (Å²) in [6.45, 7) is 0. The Morgan fingerprint density at radius 2 is 1.36 bits per heavy atom. The first kappa shape index (κ1) is 24.2. The number of carboxylic acids is 1. The van der Waals surface area contributed by atoms with Crippen molar-refractivity contribution in [3.63, 3.8) is 0 Å². The van der Waals surface area contributed by atoms with Crippen LogP contribution in [0.5, 0.6) is 0 Å². The lowest BCUT2D eigenvalue weighted by Crippen LogP contribution is -1.97. The number of aromatic nitrogens is 1. The fraction of sp³-hybridized carbons (Fsp3) is 0. The summed E-state index contributed by atoms with van der Waals surface area (Å²) in [5.41, 5.74) is 6.09. The van der Waals surface area contributed by atoms with Gasteiger partial charge in [0.15, 0.2) is 0 Å². The SMILES string of the molecule is N#C/C(=C\c1ccc(-c2ccc(/C=C/c3ccc(-n4c5ccccc5c5ccccc54)cc3)s2)cc1)C(=O)O. The molecule has 0 bridgehead atoms. The van der Waals surface area contributed by atoms with Crippen LogP contribution in [0.4, 0.5) is 0 Å². The molecule has 39 heavy (non-hydrogen) atoms. The molecule has 1 N–H and O–H groups in total. The highest BCUT2D eigenvalue weighted by molar-refractivity contribution is 7.16. The number of para-hydroxylation sites is 2. The molecule has 0 radical (unpaired) electrons. The monoisotopic (exact) mass is 522 g/mol. The number of hydrogen-bond acceptors (Lipinski definition) is 3. The minimum absolute atomic E-state index is 0.283. The Labute approximate surface area is 229 Å². The maximum atomic E-state index is 11.1. The van der Waals surface area contributed by atoms with Gasteiger partial charge in [0.05, 0.1) is 11.0 Å². The van der Waals surface area contributed by atoms with E-state index in [1.807, 2.05) is 24.3 Å².